The van der Waals surface area contributed by atoms with Gasteiger partial charge in [0.15, 0.2) is 0 Å². The SMILES string of the molecule is C/C=C/OCC1(c2nnc(C3(CO/C=C/C)CC=Cc4ccccc43)o2)CC=Cc2ccccc21. The second-order valence-electron chi connectivity index (χ2n) is 9.02. The van der Waals surface area contributed by atoms with Crippen LogP contribution in [0.25, 0.3) is 12.2 Å². The molecule has 1 heterocycles. The Morgan fingerprint density at radius 2 is 1.20 bits per heavy atom. The third kappa shape index (κ3) is 4.01. The van der Waals surface area contributed by atoms with Crippen molar-refractivity contribution in [2.45, 2.75) is 37.5 Å². The van der Waals surface area contributed by atoms with Gasteiger partial charge in [0.25, 0.3) is 0 Å². The largest absolute Gasteiger partial charge is 0.500 e. The lowest BCUT2D eigenvalue weighted by molar-refractivity contribution is 0.150. The molecule has 0 saturated carbocycles. The van der Waals surface area contributed by atoms with Crippen molar-refractivity contribution in [3.05, 3.63) is 119 Å². The number of benzene rings is 2. The van der Waals surface area contributed by atoms with Crippen molar-refractivity contribution < 1.29 is 13.9 Å². The smallest absolute Gasteiger partial charge is 0.230 e. The molecule has 2 aliphatic rings. The summed E-state index contributed by atoms with van der Waals surface area (Å²) in [4.78, 5) is 0. The zero-order valence-electron chi connectivity index (χ0n) is 20.2. The molecule has 0 spiro atoms. The Kier molecular flexibility index (Phi) is 6.41. The number of hydrogen-bond acceptors (Lipinski definition) is 5. The van der Waals surface area contributed by atoms with Crippen molar-refractivity contribution in [1.29, 1.82) is 0 Å². The van der Waals surface area contributed by atoms with Crippen molar-refractivity contribution in [3.63, 3.8) is 0 Å². The maximum Gasteiger partial charge on any atom is 0.230 e. The summed E-state index contributed by atoms with van der Waals surface area (Å²) < 4.78 is 18.6. The lowest BCUT2D eigenvalue weighted by Gasteiger charge is -2.34. The number of aromatic nitrogens is 2. The zero-order valence-corrected chi connectivity index (χ0v) is 20.2. The molecule has 2 aromatic carbocycles. The topological polar surface area (TPSA) is 57.4 Å². The van der Waals surface area contributed by atoms with E-state index in [0.29, 0.717) is 37.8 Å². The zero-order chi connectivity index (χ0) is 24.1. The van der Waals surface area contributed by atoms with E-state index in [9.17, 15) is 0 Å². The molecule has 35 heavy (non-hydrogen) atoms. The van der Waals surface area contributed by atoms with Crippen LogP contribution in [0.4, 0.5) is 0 Å². The summed E-state index contributed by atoms with van der Waals surface area (Å²) in [7, 11) is 0. The molecule has 0 aliphatic heterocycles. The van der Waals surface area contributed by atoms with Crippen molar-refractivity contribution in [3.8, 4) is 0 Å². The minimum atomic E-state index is -0.578. The lowest BCUT2D eigenvalue weighted by atomic mass is 9.72. The highest BCUT2D eigenvalue weighted by Gasteiger charge is 2.47. The summed E-state index contributed by atoms with van der Waals surface area (Å²) in [6.45, 7) is 4.68. The fourth-order valence-corrected chi connectivity index (χ4v) is 5.14. The maximum atomic E-state index is 6.65. The van der Waals surface area contributed by atoms with Crippen molar-refractivity contribution in [2.75, 3.05) is 13.2 Å². The van der Waals surface area contributed by atoms with E-state index in [4.69, 9.17) is 13.9 Å². The Morgan fingerprint density at radius 3 is 1.66 bits per heavy atom. The summed E-state index contributed by atoms with van der Waals surface area (Å²) in [5.41, 5.74) is 3.38. The Hall–Kier alpha value is -3.86. The first-order valence-electron chi connectivity index (χ1n) is 12.1. The predicted octanol–water partition coefficient (Wildman–Crippen LogP) is 6.58. The van der Waals surface area contributed by atoms with Crippen LogP contribution in [0, 0.1) is 0 Å². The van der Waals surface area contributed by atoms with Crippen molar-refractivity contribution in [1.82, 2.24) is 10.2 Å². The number of ether oxygens (including phenoxy) is 2. The lowest BCUT2D eigenvalue weighted by Crippen LogP contribution is -2.36. The number of hydrogen-bond donors (Lipinski definition) is 0. The monoisotopic (exact) mass is 466 g/mol. The van der Waals surface area contributed by atoms with Gasteiger partial charge in [0.1, 0.15) is 24.0 Å². The Balaban J connectivity index is 1.63. The minimum Gasteiger partial charge on any atom is -0.500 e. The van der Waals surface area contributed by atoms with Gasteiger partial charge in [0.05, 0.1) is 12.5 Å². The predicted molar refractivity (Wildman–Crippen MR) is 138 cm³/mol. The van der Waals surface area contributed by atoms with Gasteiger partial charge >= 0.3 is 0 Å². The molecule has 3 aromatic rings. The van der Waals surface area contributed by atoms with Crippen LogP contribution in [0.2, 0.25) is 0 Å². The van der Waals surface area contributed by atoms with Crippen LogP contribution >= 0.6 is 0 Å². The summed E-state index contributed by atoms with van der Waals surface area (Å²) in [6, 6.07) is 16.7. The van der Waals surface area contributed by atoms with E-state index in [0.717, 1.165) is 22.3 Å². The van der Waals surface area contributed by atoms with E-state index in [1.807, 2.05) is 50.3 Å². The van der Waals surface area contributed by atoms with Crippen LogP contribution in [-0.4, -0.2) is 23.4 Å². The molecule has 2 atom stereocenters. The summed E-state index contributed by atoms with van der Waals surface area (Å²) >= 11 is 0. The van der Waals surface area contributed by atoms with E-state index in [1.54, 1.807) is 12.5 Å². The molecule has 2 unspecified atom stereocenters. The van der Waals surface area contributed by atoms with Gasteiger partial charge in [-0.15, -0.1) is 10.2 Å². The van der Waals surface area contributed by atoms with E-state index in [2.05, 4.69) is 58.8 Å². The minimum absolute atomic E-state index is 0.402. The maximum absolute atomic E-state index is 6.65. The van der Waals surface area contributed by atoms with Crippen molar-refractivity contribution >= 4 is 12.2 Å². The average molecular weight is 467 g/mol. The third-order valence-electron chi connectivity index (χ3n) is 6.85. The van der Waals surface area contributed by atoms with Crippen LogP contribution in [0.3, 0.4) is 0 Å². The van der Waals surface area contributed by atoms with Gasteiger partial charge in [0.2, 0.25) is 11.8 Å². The second kappa shape index (κ2) is 9.79. The molecule has 0 bridgehead atoms. The fourth-order valence-electron chi connectivity index (χ4n) is 5.14. The van der Waals surface area contributed by atoms with E-state index in [1.165, 1.54) is 0 Å². The summed E-state index contributed by atoms with van der Waals surface area (Å²) in [6.07, 6.45) is 17.2. The number of rotatable bonds is 8. The van der Waals surface area contributed by atoms with Gasteiger partial charge < -0.3 is 13.9 Å². The summed E-state index contributed by atoms with van der Waals surface area (Å²) in [5, 5.41) is 9.32. The average Bonchev–Trinajstić information content (AvgIpc) is 3.41. The molecule has 0 radical (unpaired) electrons. The number of allylic oxidation sites excluding steroid dienone is 4. The third-order valence-corrected chi connectivity index (χ3v) is 6.85. The van der Waals surface area contributed by atoms with Gasteiger partial charge in [-0.2, -0.15) is 0 Å². The van der Waals surface area contributed by atoms with Crippen LogP contribution in [0.1, 0.15) is 60.7 Å². The van der Waals surface area contributed by atoms with Gasteiger partial charge in [-0.25, -0.2) is 0 Å². The van der Waals surface area contributed by atoms with Crippen LogP contribution < -0.4 is 0 Å². The molecule has 0 amide bonds. The first-order valence-corrected chi connectivity index (χ1v) is 12.1. The highest BCUT2D eigenvalue weighted by molar-refractivity contribution is 5.62. The Morgan fingerprint density at radius 1 is 0.743 bits per heavy atom. The summed E-state index contributed by atoms with van der Waals surface area (Å²) in [5.74, 6) is 1.12. The normalized spacial score (nSPS) is 22.9. The van der Waals surface area contributed by atoms with E-state index < -0.39 is 10.8 Å². The van der Waals surface area contributed by atoms with Gasteiger partial charge in [-0.05, 0) is 48.9 Å². The highest BCUT2D eigenvalue weighted by Crippen LogP contribution is 2.45. The molecule has 0 fully saturated rings. The molecular formula is C30H30N2O3. The quantitative estimate of drug-likeness (QED) is 0.351. The number of nitrogens with zero attached hydrogens (tertiary/aromatic N) is 2. The Labute approximate surface area is 206 Å². The molecule has 5 nitrogen and oxygen atoms in total. The molecule has 0 N–H and O–H groups in total. The van der Waals surface area contributed by atoms with Crippen LogP contribution in [0.15, 0.2) is 89.8 Å². The van der Waals surface area contributed by atoms with Gasteiger partial charge in [0, 0.05) is 0 Å². The molecule has 5 rings (SSSR count). The highest BCUT2D eigenvalue weighted by atomic mass is 16.5. The molecule has 178 valence electrons. The molecule has 5 heteroatoms. The van der Waals surface area contributed by atoms with E-state index >= 15 is 0 Å². The molecular weight excluding hydrogens is 436 g/mol. The van der Waals surface area contributed by atoms with Gasteiger partial charge in [-0.1, -0.05) is 85.0 Å². The number of fused-ring (bicyclic) bond motifs is 2. The molecule has 2 aliphatic carbocycles. The first kappa shape index (κ1) is 22.9. The van der Waals surface area contributed by atoms with Crippen LogP contribution in [-0.2, 0) is 20.3 Å². The van der Waals surface area contributed by atoms with Gasteiger partial charge in [-0.3, -0.25) is 0 Å². The second-order valence-corrected chi connectivity index (χ2v) is 9.02. The Bertz CT molecular complexity index is 1200. The van der Waals surface area contributed by atoms with E-state index in [-0.39, 0.29) is 0 Å². The molecule has 1 aromatic heterocycles. The first-order chi connectivity index (χ1) is 17.2. The standard InChI is InChI=1S/C30H30N2O3/c1-3-19-33-21-29(17-9-13-23-11-5-7-15-25(23)29)27-31-32-28(35-27)30(22-34-20-4-2)18-10-14-24-12-6-8-16-26(24)30/h3-16,19-20H,17-18,21-22H2,1-2H3/b19-3+,20-4+. The van der Waals surface area contributed by atoms with Crippen LogP contribution in [0.5, 0.6) is 0 Å². The van der Waals surface area contributed by atoms with Crippen molar-refractivity contribution in [2.24, 2.45) is 0 Å². The fraction of sp³-hybridized carbons (Fsp3) is 0.267. The molecule has 0 saturated heterocycles.